The van der Waals surface area contributed by atoms with Gasteiger partial charge >= 0.3 is 11.9 Å². The first-order valence-corrected chi connectivity index (χ1v) is 6.49. The van der Waals surface area contributed by atoms with Gasteiger partial charge in [-0.2, -0.15) is 0 Å². The van der Waals surface area contributed by atoms with Crippen LogP contribution in [0.15, 0.2) is 28.2 Å². The maximum absolute atomic E-state index is 11.7. The molecule has 0 aliphatic carbocycles. The van der Waals surface area contributed by atoms with Crippen LogP contribution in [-0.2, 0) is 19.1 Å². The summed E-state index contributed by atoms with van der Waals surface area (Å²) in [6.45, 7) is 5.03. The van der Waals surface area contributed by atoms with E-state index < -0.39 is 11.9 Å². The summed E-state index contributed by atoms with van der Waals surface area (Å²) in [6.07, 6.45) is 2.53. The van der Waals surface area contributed by atoms with Gasteiger partial charge in [-0.3, -0.25) is 0 Å². The number of esters is 2. The predicted molar refractivity (Wildman–Crippen MR) is 78.9 cm³/mol. The molecule has 1 N–H and O–H groups in total. The summed E-state index contributed by atoms with van der Waals surface area (Å²) in [5.41, 5.74) is -0.115. The van der Waals surface area contributed by atoms with Gasteiger partial charge in [0.2, 0.25) is 0 Å². The van der Waals surface area contributed by atoms with Crippen molar-refractivity contribution < 1.29 is 24.2 Å². The number of carbonyl (C=O) groups excluding carboxylic acids is 2. The van der Waals surface area contributed by atoms with E-state index in [2.05, 4.69) is 4.99 Å². The van der Waals surface area contributed by atoms with Crippen LogP contribution in [-0.4, -0.2) is 55.5 Å². The number of aliphatic hydroxyl groups excluding tert-OH is 1. The molecule has 0 radical (unpaired) electrons. The topological polar surface area (TPSA) is 88.4 Å². The summed E-state index contributed by atoms with van der Waals surface area (Å²) >= 11 is 0. The Morgan fingerprint density at radius 3 is 2.10 bits per heavy atom. The van der Waals surface area contributed by atoms with Crippen molar-refractivity contribution in [2.45, 2.75) is 20.8 Å². The summed E-state index contributed by atoms with van der Waals surface area (Å²) in [6, 6.07) is 0. The van der Waals surface area contributed by atoms with Gasteiger partial charge in [-0.1, -0.05) is 0 Å². The monoisotopic (exact) mass is 298 g/mol. The van der Waals surface area contributed by atoms with Gasteiger partial charge in [-0.05, 0) is 20.8 Å². The molecule has 21 heavy (non-hydrogen) atoms. The minimum absolute atomic E-state index is 0.00454. The Bertz CT molecular complexity index is 460. The zero-order valence-electron chi connectivity index (χ0n) is 13.0. The quantitative estimate of drug-likeness (QED) is 0.331. The molecule has 0 heterocycles. The smallest absolute Gasteiger partial charge is 0.358 e. The minimum Gasteiger partial charge on any atom is -0.512 e. The van der Waals surface area contributed by atoms with Crippen molar-refractivity contribution in [3.63, 3.8) is 0 Å². The molecule has 0 atom stereocenters. The van der Waals surface area contributed by atoms with Gasteiger partial charge in [0.25, 0.3) is 0 Å². The first-order chi connectivity index (χ1) is 9.83. The fourth-order valence-corrected chi connectivity index (χ4v) is 1.23. The van der Waals surface area contributed by atoms with Crippen molar-refractivity contribution in [2.24, 2.45) is 4.99 Å². The zero-order valence-corrected chi connectivity index (χ0v) is 13.0. The third-order valence-electron chi connectivity index (χ3n) is 2.08. The lowest BCUT2D eigenvalue weighted by Crippen LogP contribution is -2.14. The molecule has 0 unspecified atom stereocenters. The maximum Gasteiger partial charge on any atom is 0.358 e. The predicted octanol–water partition coefficient (Wildman–Crippen LogP) is 1.42. The van der Waals surface area contributed by atoms with E-state index in [1.165, 1.54) is 13.1 Å². The Morgan fingerprint density at radius 2 is 1.67 bits per heavy atom. The van der Waals surface area contributed by atoms with Crippen LogP contribution >= 0.6 is 0 Å². The summed E-state index contributed by atoms with van der Waals surface area (Å²) in [7, 11) is 3.43. The molecule has 0 saturated heterocycles. The lowest BCUT2D eigenvalue weighted by Gasteiger charge is -2.08. The number of hydrogen-bond donors (Lipinski definition) is 1. The van der Waals surface area contributed by atoms with Crippen LogP contribution in [0.1, 0.15) is 20.8 Å². The largest absolute Gasteiger partial charge is 0.512 e. The first kappa shape index (κ1) is 18.7. The van der Waals surface area contributed by atoms with Crippen molar-refractivity contribution in [1.29, 1.82) is 0 Å². The van der Waals surface area contributed by atoms with Crippen molar-refractivity contribution in [2.75, 3.05) is 27.3 Å². The normalized spacial score (nSPS) is 12.9. The minimum atomic E-state index is -0.714. The van der Waals surface area contributed by atoms with Crippen LogP contribution in [0.3, 0.4) is 0 Å². The van der Waals surface area contributed by atoms with E-state index in [1.807, 2.05) is 0 Å². The molecule has 118 valence electrons. The molecule has 0 amide bonds. The molecule has 0 fully saturated rings. The third kappa shape index (κ3) is 7.14. The Balaban J connectivity index is 5.35. The number of carbonyl (C=O) groups is 2. The molecule has 0 aromatic rings. The molecular formula is C14H22N2O5. The van der Waals surface area contributed by atoms with Crippen molar-refractivity contribution in [3.8, 4) is 0 Å². The van der Waals surface area contributed by atoms with Crippen LogP contribution in [0.4, 0.5) is 0 Å². The van der Waals surface area contributed by atoms with Crippen LogP contribution in [0.25, 0.3) is 0 Å². The fourth-order valence-electron chi connectivity index (χ4n) is 1.23. The molecule has 0 aliphatic heterocycles. The average Bonchev–Trinajstić information content (AvgIpc) is 2.37. The van der Waals surface area contributed by atoms with E-state index in [1.54, 1.807) is 32.8 Å². The molecule has 0 aliphatic rings. The van der Waals surface area contributed by atoms with E-state index in [0.717, 1.165) is 6.21 Å². The lowest BCUT2D eigenvalue weighted by atomic mass is 10.2. The fraction of sp³-hybridized carbons (Fsp3) is 0.500. The molecule has 0 aromatic carbocycles. The second-order valence-corrected chi connectivity index (χ2v) is 4.18. The number of ether oxygens (including phenoxy) is 2. The maximum atomic E-state index is 11.7. The molecule has 7 nitrogen and oxygen atoms in total. The summed E-state index contributed by atoms with van der Waals surface area (Å²) in [5.74, 6) is -1.58. The van der Waals surface area contributed by atoms with E-state index in [0.29, 0.717) is 0 Å². The Labute approximate surface area is 124 Å². The van der Waals surface area contributed by atoms with Crippen molar-refractivity contribution >= 4 is 18.2 Å². The second-order valence-electron chi connectivity index (χ2n) is 4.18. The van der Waals surface area contributed by atoms with E-state index in [4.69, 9.17) is 9.47 Å². The van der Waals surface area contributed by atoms with Crippen LogP contribution < -0.4 is 0 Å². The Morgan fingerprint density at radius 1 is 1.14 bits per heavy atom. The molecule has 0 bridgehead atoms. The lowest BCUT2D eigenvalue weighted by molar-refractivity contribution is -0.139. The van der Waals surface area contributed by atoms with Gasteiger partial charge < -0.3 is 19.5 Å². The number of allylic oxidation sites excluding steroid dienone is 1. The molecule has 0 rings (SSSR count). The number of aliphatic imine (C=N–C) groups is 1. The van der Waals surface area contributed by atoms with Gasteiger partial charge in [0.15, 0.2) is 5.70 Å². The van der Waals surface area contributed by atoms with E-state index in [-0.39, 0.29) is 30.2 Å². The molecular weight excluding hydrogens is 276 g/mol. The number of rotatable bonds is 7. The van der Waals surface area contributed by atoms with Crippen LogP contribution in [0, 0.1) is 0 Å². The highest BCUT2D eigenvalue weighted by Crippen LogP contribution is 2.06. The number of aliphatic hydroxyl groups is 1. The van der Waals surface area contributed by atoms with Gasteiger partial charge in [-0.15, -0.1) is 0 Å². The highest BCUT2D eigenvalue weighted by atomic mass is 16.5. The summed E-state index contributed by atoms with van der Waals surface area (Å²) in [4.78, 5) is 28.9. The Hall–Kier alpha value is -2.31. The van der Waals surface area contributed by atoms with Crippen LogP contribution in [0.2, 0.25) is 0 Å². The van der Waals surface area contributed by atoms with E-state index >= 15 is 0 Å². The summed E-state index contributed by atoms with van der Waals surface area (Å²) in [5, 5.41) is 9.49. The number of nitrogens with zero attached hydrogens (tertiary/aromatic N) is 2. The van der Waals surface area contributed by atoms with Gasteiger partial charge in [-0.25, -0.2) is 14.6 Å². The Kier molecular flexibility index (Phi) is 8.52. The number of hydrogen-bond acceptors (Lipinski definition) is 7. The second kappa shape index (κ2) is 9.57. The first-order valence-electron chi connectivity index (χ1n) is 6.49. The SMILES string of the molecule is CCOC(=O)C(=C/N(C)C)/N=C/C(C(=O)OCC)=C(/C)O. The molecule has 0 saturated carbocycles. The third-order valence-corrected chi connectivity index (χ3v) is 2.08. The zero-order chi connectivity index (χ0) is 16.4. The molecule has 0 aromatic heterocycles. The molecule has 7 heteroatoms. The van der Waals surface area contributed by atoms with Gasteiger partial charge in [0, 0.05) is 26.5 Å². The van der Waals surface area contributed by atoms with Gasteiger partial charge in [0.1, 0.15) is 11.3 Å². The average molecular weight is 298 g/mol. The standard InChI is InChI=1S/C14H22N2O5/c1-6-20-13(18)11(10(3)17)8-15-12(9-16(4)5)14(19)21-7-2/h8-9,17H,6-7H2,1-5H3/b11-10+,12-9-,15-8+. The van der Waals surface area contributed by atoms with E-state index in [9.17, 15) is 14.7 Å². The highest BCUT2D eigenvalue weighted by Gasteiger charge is 2.14. The molecule has 0 spiro atoms. The van der Waals surface area contributed by atoms with Crippen LogP contribution in [0.5, 0.6) is 0 Å². The van der Waals surface area contributed by atoms with Gasteiger partial charge in [0.05, 0.1) is 13.2 Å². The summed E-state index contributed by atoms with van der Waals surface area (Å²) < 4.78 is 9.66. The highest BCUT2D eigenvalue weighted by molar-refractivity contribution is 6.10. The van der Waals surface area contributed by atoms with Crippen molar-refractivity contribution in [1.82, 2.24) is 4.90 Å². The van der Waals surface area contributed by atoms with Crippen molar-refractivity contribution in [3.05, 3.63) is 23.2 Å².